The van der Waals surface area contributed by atoms with Gasteiger partial charge in [0.15, 0.2) is 0 Å². The molecule has 126 valence electrons. The molecule has 1 saturated carbocycles. The van der Waals surface area contributed by atoms with Crippen LogP contribution in [0.15, 0.2) is 35.3 Å². The van der Waals surface area contributed by atoms with Crippen molar-refractivity contribution in [3.05, 3.63) is 35.3 Å². The zero-order valence-electron chi connectivity index (χ0n) is 13.8. The number of hydrogen-bond acceptors (Lipinski definition) is 3. The molecule has 4 rings (SSSR count). The lowest BCUT2D eigenvalue weighted by atomic mass is 9.48. The maximum absolute atomic E-state index is 14.2. The molecule has 4 aliphatic rings. The molecule has 0 aromatic heterocycles. The van der Waals surface area contributed by atoms with Crippen LogP contribution in [-0.4, -0.2) is 22.4 Å². The Labute approximate surface area is 136 Å². The van der Waals surface area contributed by atoms with E-state index in [1.54, 1.807) is 0 Å². The largest absolute Gasteiger partial charge is 0.400 e. The highest BCUT2D eigenvalue weighted by molar-refractivity contribution is 5.36. The van der Waals surface area contributed by atoms with Crippen molar-refractivity contribution >= 4 is 0 Å². The van der Waals surface area contributed by atoms with Crippen molar-refractivity contribution in [1.82, 2.24) is 0 Å². The van der Waals surface area contributed by atoms with Gasteiger partial charge in [0, 0.05) is 22.9 Å². The molecule has 1 fully saturated rings. The van der Waals surface area contributed by atoms with E-state index in [-0.39, 0.29) is 34.4 Å². The minimum atomic E-state index is -0.579. The summed E-state index contributed by atoms with van der Waals surface area (Å²) in [5.41, 5.74) is 7.14. The summed E-state index contributed by atoms with van der Waals surface area (Å²) in [5.74, 6) is 0.179. The molecule has 2 unspecified atom stereocenters. The van der Waals surface area contributed by atoms with Crippen LogP contribution in [0.3, 0.4) is 0 Å². The highest BCUT2D eigenvalue weighted by Crippen LogP contribution is 2.64. The van der Waals surface area contributed by atoms with Gasteiger partial charge in [-0.05, 0) is 37.0 Å². The van der Waals surface area contributed by atoms with Crippen molar-refractivity contribution in [3.8, 4) is 0 Å². The molecule has 0 spiro atoms. The second-order valence-electron chi connectivity index (χ2n) is 8.36. The number of fused-ring (bicyclic) bond motifs is 5. The Morgan fingerprint density at radius 1 is 1.22 bits per heavy atom. The highest BCUT2D eigenvalue weighted by atomic mass is 19.1. The fourth-order valence-corrected chi connectivity index (χ4v) is 5.88. The molecular weight excluding hydrogens is 293 g/mol. The van der Waals surface area contributed by atoms with Gasteiger partial charge in [-0.15, -0.1) is 0 Å². The molecule has 0 amide bonds. The van der Waals surface area contributed by atoms with Crippen molar-refractivity contribution in [3.63, 3.8) is 0 Å². The molecule has 0 aliphatic heterocycles. The normalized spacial score (nSPS) is 51.9. The number of aliphatic hydroxyl groups is 2. The average molecular weight is 319 g/mol. The second kappa shape index (κ2) is 4.70. The van der Waals surface area contributed by atoms with E-state index in [0.717, 1.165) is 18.4 Å². The predicted molar refractivity (Wildman–Crippen MR) is 86.7 cm³/mol. The lowest BCUT2D eigenvalue weighted by Gasteiger charge is -2.57. The number of allylic oxidation sites excluding steroid dienone is 3. The van der Waals surface area contributed by atoms with E-state index in [1.165, 1.54) is 0 Å². The summed E-state index contributed by atoms with van der Waals surface area (Å²) in [5, 5.41) is 20.7. The first-order chi connectivity index (χ1) is 10.8. The Hall–Kier alpha value is -1.13. The van der Waals surface area contributed by atoms with Gasteiger partial charge in [0.1, 0.15) is 5.83 Å². The molecule has 0 heterocycles. The zero-order chi connectivity index (χ0) is 16.6. The van der Waals surface area contributed by atoms with Gasteiger partial charge in [0.2, 0.25) is 0 Å². The predicted octanol–water partition coefficient (Wildman–Crippen LogP) is 2.81. The smallest absolute Gasteiger partial charge is 0.119 e. The van der Waals surface area contributed by atoms with Gasteiger partial charge < -0.3 is 15.9 Å². The average Bonchev–Trinajstić information content (AvgIpc) is 2.73. The molecule has 0 bridgehead atoms. The van der Waals surface area contributed by atoms with Crippen molar-refractivity contribution in [1.29, 1.82) is 0 Å². The van der Waals surface area contributed by atoms with Gasteiger partial charge in [-0.3, -0.25) is 0 Å². The standard InChI is InChI=1S/C19H26FNO2/c1-18-5-3-11(22)7-10(18)8-15(23)16-12(18)4-6-19(2)13(16)9-14(20)17(19)21/h3,5,8,11-13,15-16,22-23H,4,6-7,9,21H2,1-2H3/t11?,12-,13+,15?,16-,18+,19+/m1/s1. The van der Waals surface area contributed by atoms with Crippen molar-refractivity contribution in [2.75, 3.05) is 0 Å². The molecular formula is C19H26FNO2. The van der Waals surface area contributed by atoms with Crippen LogP contribution in [-0.2, 0) is 0 Å². The van der Waals surface area contributed by atoms with Crippen LogP contribution >= 0.6 is 0 Å². The van der Waals surface area contributed by atoms with Crippen LogP contribution in [0.1, 0.15) is 39.5 Å². The summed E-state index contributed by atoms with van der Waals surface area (Å²) >= 11 is 0. The first kappa shape index (κ1) is 15.4. The first-order valence-corrected chi connectivity index (χ1v) is 8.68. The fourth-order valence-electron chi connectivity index (χ4n) is 5.88. The summed E-state index contributed by atoms with van der Waals surface area (Å²) in [7, 11) is 0. The topological polar surface area (TPSA) is 66.5 Å². The van der Waals surface area contributed by atoms with E-state index in [9.17, 15) is 14.6 Å². The number of halogens is 1. The van der Waals surface area contributed by atoms with Gasteiger partial charge in [0.25, 0.3) is 0 Å². The third-order valence-corrected chi connectivity index (χ3v) is 7.35. The summed E-state index contributed by atoms with van der Waals surface area (Å²) in [6.45, 7) is 4.26. The summed E-state index contributed by atoms with van der Waals surface area (Å²) in [4.78, 5) is 0. The quantitative estimate of drug-likeness (QED) is 0.602. The minimum absolute atomic E-state index is 0.0224. The molecule has 4 aliphatic carbocycles. The van der Waals surface area contributed by atoms with E-state index < -0.39 is 12.2 Å². The van der Waals surface area contributed by atoms with E-state index in [1.807, 2.05) is 12.2 Å². The number of aliphatic hydroxyl groups excluding tert-OH is 2. The third kappa shape index (κ3) is 1.88. The second-order valence-corrected chi connectivity index (χ2v) is 8.36. The van der Waals surface area contributed by atoms with Gasteiger partial charge in [-0.2, -0.15) is 0 Å². The molecule has 4 N–H and O–H groups in total. The Bertz CT molecular complexity index is 639. The first-order valence-electron chi connectivity index (χ1n) is 8.68. The van der Waals surface area contributed by atoms with E-state index in [0.29, 0.717) is 18.5 Å². The Morgan fingerprint density at radius 2 is 1.96 bits per heavy atom. The zero-order valence-corrected chi connectivity index (χ0v) is 13.8. The molecule has 4 heteroatoms. The van der Waals surface area contributed by atoms with E-state index in [2.05, 4.69) is 19.9 Å². The highest BCUT2D eigenvalue weighted by Gasteiger charge is 2.59. The number of nitrogens with two attached hydrogens (primary N) is 1. The monoisotopic (exact) mass is 319 g/mol. The Kier molecular flexibility index (Phi) is 3.15. The van der Waals surface area contributed by atoms with Crippen LogP contribution < -0.4 is 5.73 Å². The fraction of sp³-hybridized carbons (Fsp3) is 0.684. The maximum Gasteiger partial charge on any atom is 0.119 e. The van der Waals surface area contributed by atoms with Gasteiger partial charge in [0.05, 0.1) is 12.2 Å². The molecule has 0 aromatic carbocycles. The minimum Gasteiger partial charge on any atom is -0.400 e. The van der Waals surface area contributed by atoms with Crippen LogP contribution in [0.4, 0.5) is 4.39 Å². The SMILES string of the molecule is C[C@]12C=CC(O)CC1=CC(O)[C@@H]1[C@H]2CC[C@]2(C)C(N)=C(F)C[C@@H]12. The van der Waals surface area contributed by atoms with Crippen LogP contribution in [0.25, 0.3) is 0 Å². The molecule has 23 heavy (non-hydrogen) atoms. The van der Waals surface area contributed by atoms with Crippen molar-refractivity contribution < 1.29 is 14.6 Å². The Morgan fingerprint density at radius 3 is 2.70 bits per heavy atom. The summed E-state index contributed by atoms with van der Waals surface area (Å²) < 4.78 is 14.2. The number of rotatable bonds is 0. The van der Waals surface area contributed by atoms with Crippen molar-refractivity contribution in [2.45, 2.75) is 51.7 Å². The van der Waals surface area contributed by atoms with Gasteiger partial charge in [-0.1, -0.05) is 37.6 Å². The van der Waals surface area contributed by atoms with Crippen LogP contribution in [0, 0.1) is 28.6 Å². The third-order valence-electron chi connectivity index (χ3n) is 7.35. The molecule has 0 aromatic rings. The number of hydrogen-bond donors (Lipinski definition) is 3. The molecule has 7 atom stereocenters. The summed E-state index contributed by atoms with van der Waals surface area (Å²) in [6.07, 6.45) is 7.60. The molecule has 0 saturated heterocycles. The van der Waals surface area contributed by atoms with Gasteiger partial charge in [-0.25, -0.2) is 4.39 Å². The summed E-state index contributed by atoms with van der Waals surface area (Å²) in [6, 6.07) is 0. The maximum atomic E-state index is 14.2. The molecule has 0 radical (unpaired) electrons. The van der Waals surface area contributed by atoms with E-state index >= 15 is 0 Å². The van der Waals surface area contributed by atoms with Crippen LogP contribution in [0.5, 0.6) is 0 Å². The van der Waals surface area contributed by atoms with Crippen molar-refractivity contribution in [2.24, 2.45) is 34.3 Å². The van der Waals surface area contributed by atoms with Crippen LogP contribution in [0.2, 0.25) is 0 Å². The van der Waals surface area contributed by atoms with Gasteiger partial charge >= 0.3 is 0 Å². The Balaban J connectivity index is 1.77. The lowest BCUT2D eigenvalue weighted by molar-refractivity contribution is -0.0563. The molecule has 3 nitrogen and oxygen atoms in total. The van der Waals surface area contributed by atoms with E-state index in [4.69, 9.17) is 5.73 Å². The lowest BCUT2D eigenvalue weighted by Crippen LogP contribution is -2.53.